The predicted molar refractivity (Wildman–Crippen MR) is 258 cm³/mol. The first-order valence-electron chi connectivity index (χ1n) is 21.5. The Morgan fingerprint density at radius 2 is 0.730 bits per heavy atom. The Bertz CT molecular complexity index is 3040. The molecule has 0 bridgehead atoms. The van der Waals surface area contributed by atoms with Gasteiger partial charge in [-0.1, -0.05) is 109 Å². The van der Waals surface area contributed by atoms with E-state index in [1.54, 1.807) is 0 Å². The molecule has 0 aliphatic carbocycles. The molecule has 0 saturated carbocycles. The van der Waals surface area contributed by atoms with E-state index in [2.05, 4.69) is 193 Å². The van der Waals surface area contributed by atoms with E-state index >= 15 is 0 Å². The van der Waals surface area contributed by atoms with E-state index < -0.39 is 0 Å². The van der Waals surface area contributed by atoms with Crippen molar-refractivity contribution in [1.29, 1.82) is 0 Å². The molecule has 0 aliphatic rings. The van der Waals surface area contributed by atoms with Crippen LogP contribution in [0.2, 0.25) is 0 Å². The fourth-order valence-electron chi connectivity index (χ4n) is 9.88. The van der Waals surface area contributed by atoms with Crippen LogP contribution in [0.3, 0.4) is 0 Å². The number of terminal acetylenes is 2. The van der Waals surface area contributed by atoms with Gasteiger partial charge in [-0.05, 0) is 104 Å². The molecule has 10 aromatic rings. The molecule has 0 spiro atoms. The highest BCUT2D eigenvalue weighted by Gasteiger charge is 2.31. The number of aromatic amines is 4. The van der Waals surface area contributed by atoms with Gasteiger partial charge in [0.05, 0.1) is 11.8 Å². The summed E-state index contributed by atoms with van der Waals surface area (Å²) in [6, 6.07) is 47.1. The Morgan fingerprint density at radius 3 is 1.02 bits per heavy atom. The molecule has 63 heavy (non-hydrogen) atoms. The Labute approximate surface area is 367 Å². The summed E-state index contributed by atoms with van der Waals surface area (Å²) >= 11 is 0. The quantitative estimate of drug-likeness (QED) is 0.0926. The van der Waals surface area contributed by atoms with Gasteiger partial charge in [-0.2, -0.15) is 0 Å². The van der Waals surface area contributed by atoms with Crippen molar-refractivity contribution in [2.24, 2.45) is 0 Å². The third-order valence-electron chi connectivity index (χ3n) is 13.0. The van der Waals surface area contributed by atoms with Crippen LogP contribution in [0.4, 0.5) is 0 Å². The van der Waals surface area contributed by atoms with Gasteiger partial charge >= 0.3 is 0 Å². The van der Waals surface area contributed by atoms with Gasteiger partial charge in [-0.25, -0.2) is 0 Å². The van der Waals surface area contributed by atoms with Crippen molar-refractivity contribution in [2.75, 3.05) is 13.2 Å². The second kappa shape index (κ2) is 16.2. The average Bonchev–Trinajstić information content (AvgIpc) is 4.04. The average molecular weight is 821 g/mol. The molecule has 4 aromatic heterocycles. The van der Waals surface area contributed by atoms with Crippen LogP contribution in [0, 0.1) is 52.4 Å². The minimum Gasteiger partial charge on any atom is -0.481 e. The number of ether oxygens (including phenoxy) is 2. The third kappa shape index (κ3) is 6.91. The predicted octanol–water partition coefficient (Wildman–Crippen LogP) is 12.8. The lowest BCUT2D eigenvalue weighted by molar-refractivity contribution is 0.365. The topological polar surface area (TPSA) is 81.6 Å². The van der Waals surface area contributed by atoms with Gasteiger partial charge in [0, 0.05) is 77.5 Å². The van der Waals surface area contributed by atoms with Crippen molar-refractivity contribution in [3.05, 3.63) is 201 Å². The summed E-state index contributed by atoms with van der Waals surface area (Å²) in [7, 11) is 0. The molecular weight excluding hydrogens is 773 g/mol. The number of fused-ring (bicyclic) bond motifs is 4. The number of hydrogen-bond acceptors (Lipinski definition) is 2. The molecule has 6 heteroatoms. The van der Waals surface area contributed by atoms with Crippen molar-refractivity contribution < 1.29 is 9.47 Å². The summed E-state index contributed by atoms with van der Waals surface area (Å²) in [6.07, 6.45) is 12.3. The molecule has 6 aromatic carbocycles. The van der Waals surface area contributed by atoms with E-state index in [1.165, 1.54) is 43.8 Å². The molecule has 10 rings (SSSR count). The lowest BCUT2D eigenvalue weighted by atomic mass is 9.85. The van der Waals surface area contributed by atoms with E-state index in [1.807, 2.05) is 0 Å². The monoisotopic (exact) mass is 820 g/mol. The highest BCUT2D eigenvalue weighted by molar-refractivity contribution is 5.89. The maximum atomic E-state index is 6.41. The minimum atomic E-state index is -0.216. The van der Waals surface area contributed by atoms with Crippen LogP contribution < -0.4 is 9.47 Å². The molecule has 0 atom stereocenters. The van der Waals surface area contributed by atoms with E-state index in [4.69, 9.17) is 22.3 Å². The van der Waals surface area contributed by atoms with Gasteiger partial charge in [0.2, 0.25) is 0 Å². The molecule has 0 radical (unpaired) electrons. The highest BCUT2D eigenvalue weighted by atomic mass is 16.5. The van der Waals surface area contributed by atoms with Gasteiger partial charge in [-0.15, -0.1) is 12.8 Å². The second-order valence-corrected chi connectivity index (χ2v) is 16.6. The van der Waals surface area contributed by atoms with Crippen molar-refractivity contribution in [1.82, 2.24) is 19.9 Å². The molecule has 308 valence electrons. The number of benzene rings is 6. The maximum Gasteiger partial charge on any atom is 0.148 e. The lowest BCUT2D eigenvalue weighted by Crippen LogP contribution is -2.11. The number of nitrogens with one attached hydrogen (secondary N) is 4. The Morgan fingerprint density at radius 1 is 0.429 bits per heavy atom. The zero-order chi connectivity index (χ0) is 43.2. The fourth-order valence-corrected chi connectivity index (χ4v) is 9.88. The summed E-state index contributed by atoms with van der Waals surface area (Å²) < 4.78 is 12.8. The minimum absolute atomic E-state index is 0.153. The van der Waals surface area contributed by atoms with Crippen molar-refractivity contribution in [3.63, 3.8) is 0 Å². The molecule has 0 amide bonds. The molecule has 0 unspecified atom stereocenters. The Hall–Kier alpha value is -7.80. The first-order chi connectivity index (χ1) is 30.8. The first-order valence-corrected chi connectivity index (χ1v) is 21.5. The van der Waals surface area contributed by atoms with E-state index in [-0.39, 0.29) is 25.0 Å². The first kappa shape index (κ1) is 39.3. The highest BCUT2D eigenvalue weighted by Crippen LogP contribution is 2.45. The number of rotatable bonds is 12. The Kier molecular flexibility index (Phi) is 10.1. The molecule has 4 heterocycles. The number of para-hydroxylation sites is 4. The molecule has 0 aliphatic heterocycles. The second-order valence-electron chi connectivity index (χ2n) is 16.6. The molecular formula is C57H48N4O2. The summed E-state index contributed by atoms with van der Waals surface area (Å²) in [5.74, 6) is 6.47. The summed E-state index contributed by atoms with van der Waals surface area (Å²) in [4.78, 5) is 15.3. The van der Waals surface area contributed by atoms with Crippen molar-refractivity contribution in [2.45, 2.75) is 46.0 Å². The van der Waals surface area contributed by atoms with Gasteiger partial charge in [0.25, 0.3) is 0 Å². The van der Waals surface area contributed by atoms with Gasteiger partial charge < -0.3 is 29.4 Å². The normalized spacial score (nSPS) is 11.6. The van der Waals surface area contributed by atoms with Crippen LogP contribution in [-0.2, 0) is 6.42 Å². The van der Waals surface area contributed by atoms with Crippen LogP contribution in [-0.4, -0.2) is 33.1 Å². The number of hydrogen-bond donors (Lipinski definition) is 4. The summed E-state index contributed by atoms with van der Waals surface area (Å²) in [6.45, 7) is 9.13. The standard InChI is InChI=1S/C57H48N4O2/c1-7-29-62-50-27-25-38(32-44(50)52(54-34(3)40-17-9-13-21-46(40)58-54)55-35(4)41-18-10-14-22-47(41)59-55)31-39-26-28-51(63-30-8-2)45(33-39)53(56-36(5)42-19-11-15-23-48(42)60-56)57-37(6)43-20-12-16-24-49(43)61-57/h1-2,9-28,32-33,52-53,58-61H,29-31H2,3-6H3. The smallest absolute Gasteiger partial charge is 0.148 e. The summed E-state index contributed by atoms with van der Waals surface area (Å²) in [5.41, 5.74) is 17.9. The van der Waals surface area contributed by atoms with Gasteiger partial charge in [-0.3, -0.25) is 0 Å². The summed E-state index contributed by atoms with van der Waals surface area (Å²) in [5, 5.41) is 4.77. The van der Waals surface area contributed by atoms with E-state index in [0.717, 1.165) is 78.6 Å². The van der Waals surface area contributed by atoms with Crippen LogP contribution in [0.1, 0.15) is 79.1 Å². The van der Waals surface area contributed by atoms with Crippen molar-refractivity contribution in [3.8, 4) is 36.2 Å². The molecule has 0 saturated heterocycles. The van der Waals surface area contributed by atoms with Crippen LogP contribution in [0.15, 0.2) is 133 Å². The number of H-pyrrole nitrogens is 4. The molecule has 6 nitrogen and oxygen atoms in total. The number of aryl methyl sites for hydroxylation is 4. The maximum absolute atomic E-state index is 6.41. The molecule has 0 fully saturated rings. The SMILES string of the molecule is C#CCOc1ccc(Cc2ccc(OCC#C)c(C(c3[nH]c4ccccc4c3C)c3[nH]c4ccccc4c3C)c2)cc1C(c1[nH]c2ccccc2c1C)c1[nH]c2ccccc2c1C. The van der Waals surface area contributed by atoms with Crippen LogP contribution in [0.5, 0.6) is 11.5 Å². The molecule has 4 N–H and O–H groups in total. The Balaban J connectivity index is 1.15. The lowest BCUT2D eigenvalue weighted by Gasteiger charge is -2.23. The number of aromatic nitrogens is 4. The van der Waals surface area contributed by atoms with Crippen molar-refractivity contribution >= 4 is 43.6 Å². The van der Waals surface area contributed by atoms with Gasteiger partial charge in [0.1, 0.15) is 24.7 Å². The van der Waals surface area contributed by atoms with E-state index in [9.17, 15) is 0 Å². The third-order valence-corrected chi connectivity index (χ3v) is 13.0. The zero-order valence-electron chi connectivity index (χ0n) is 35.9. The zero-order valence-corrected chi connectivity index (χ0v) is 35.9. The van der Waals surface area contributed by atoms with Crippen LogP contribution in [0.25, 0.3) is 43.6 Å². The fraction of sp³-hybridized carbons (Fsp3) is 0.158. The largest absolute Gasteiger partial charge is 0.481 e. The van der Waals surface area contributed by atoms with Crippen LogP contribution >= 0.6 is 0 Å². The van der Waals surface area contributed by atoms with E-state index in [0.29, 0.717) is 6.42 Å². The van der Waals surface area contributed by atoms with Gasteiger partial charge in [0.15, 0.2) is 0 Å².